The van der Waals surface area contributed by atoms with Gasteiger partial charge in [-0.25, -0.2) is 4.98 Å². The zero-order valence-corrected chi connectivity index (χ0v) is 14.5. The molecule has 1 aromatic heterocycles. The summed E-state index contributed by atoms with van der Waals surface area (Å²) in [6.45, 7) is 15.4. The second-order valence-corrected chi connectivity index (χ2v) is 6.27. The van der Waals surface area contributed by atoms with Crippen LogP contribution in [-0.2, 0) is 6.54 Å². The molecule has 0 saturated carbocycles. The van der Waals surface area contributed by atoms with E-state index in [0.717, 1.165) is 37.9 Å². The van der Waals surface area contributed by atoms with E-state index in [0.29, 0.717) is 5.92 Å². The molecule has 0 bridgehead atoms. The van der Waals surface area contributed by atoms with Crippen LogP contribution in [0.4, 0.5) is 5.82 Å². The molecule has 0 spiro atoms. The van der Waals surface area contributed by atoms with Crippen molar-refractivity contribution in [2.24, 2.45) is 11.8 Å². The number of aromatic nitrogens is 1. The summed E-state index contributed by atoms with van der Waals surface area (Å²) < 4.78 is 0. The van der Waals surface area contributed by atoms with Crippen LogP contribution in [0.15, 0.2) is 18.3 Å². The smallest absolute Gasteiger partial charge is 0.128 e. The Balaban J connectivity index is 2.67. The summed E-state index contributed by atoms with van der Waals surface area (Å²) in [5.74, 6) is 2.57. The normalized spacial score (nSPS) is 11.4. The van der Waals surface area contributed by atoms with Gasteiger partial charge in [0.05, 0.1) is 0 Å². The second kappa shape index (κ2) is 9.78. The predicted octanol–water partition coefficient (Wildman–Crippen LogP) is 4.09. The molecule has 0 atom stereocenters. The number of hydrogen-bond acceptors (Lipinski definition) is 3. The van der Waals surface area contributed by atoms with Crippen LogP contribution < -0.4 is 10.2 Å². The summed E-state index contributed by atoms with van der Waals surface area (Å²) in [6.07, 6.45) is 4.42. The van der Waals surface area contributed by atoms with Gasteiger partial charge in [-0.1, -0.05) is 40.5 Å². The number of nitrogens with zero attached hydrogens (tertiary/aromatic N) is 2. The first-order valence-corrected chi connectivity index (χ1v) is 8.51. The summed E-state index contributed by atoms with van der Waals surface area (Å²) in [5.41, 5.74) is 1.32. The third-order valence-electron chi connectivity index (χ3n) is 4.03. The van der Waals surface area contributed by atoms with Crippen LogP contribution in [0.5, 0.6) is 0 Å². The molecule has 21 heavy (non-hydrogen) atoms. The van der Waals surface area contributed by atoms with Gasteiger partial charge in [0.25, 0.3) is 0 Å². The molecule has 0 aliphatic heterocycles. The second-order valence-electron chi connectivity index (χ2n) is 6.27. The molecular weight excluding hydrogens is 258 g/mol. The number of anilines is 1. The average Bonchev–Trinajstić information content (AvgIpc) is 2.48. The highest BCUT2D eigenvalue weighted by Crippen LogP contribution is 2.17. The summed E-state index contributed by atoms with van der Waals surface area (Å²) in [7, 11) is 0. The van der Waals surface area contributed by atoms with Crippen LogP contribution in [-0.4, -0.2) is 24.6 Å². The van der Waals surface area contributed by atoms with Gasteiger partial charge in [0, 0.05) is 25.8 Å². The van der Waals surface area contributed by atoms with E-state index in [2.05, 4.69) is 62.0 Å². The van der Waals surface area contributed by atoms with Crippen molar-refractivity contribution >= 4 is 5.82 Å². The summed E-state index contributed by atoms with van der Waals surface area (Å²) in [5, 5.41) is 3.50. The van der Waals surface area contributed by atoms with E-state index in [1.165, 1.54) is 18.4 Å². The highest BCUT2D eigenvalue weighted by Gasteiger charge is 2.12. The summed E-state index contributed by atoms with van der Waals surface area (Å²) in [4.78, 5) is 6.98. The van der Waals surface area contributed by atoms with Gasteiger partial charge in [-0.2, -0.15) is 0 Å². The number of nitrogens with one attached hydrogen (secondary N) is 1. The van der Waals surface area contributed by atoms with Gasteiger partial charge >= 0.3 is 0 Å². The molecule has 3 nitrogen and oxygen atoms in total. The third kappa shape index (κ3) is 6.47. The fourth-order valence-corrected chi connectivity index (χ4v) is 2.49. The van der Waals surface area contributed by atoms with Crippen molar-refractivity contribution in [3.8, 4) is 0 Å². The topological polar surface area (TPSA) is 28.2 Å². The highest BCUT2D eigenvalue weighted by molar-refractivity contribution is 5.40. The molecule has 0 saturated heterocycles. The standard InChI is InChI=1S/C18H33N3/c1-6-16(7-2)14-21(8-3)18-11-17(9-10-20-18)13-19-12-15(4)5/h9-11,15-16,19H,6-8,12-14H2,1-5H3. The minimum Gasteiger partial charge on any atom is -0.357 e. The monoisotopic (exact) mass is 291 g/mol. The quantitative estimate of drug-likeness (QED) is 0.704. The van der Waals surface area contributed by atoms with E-state index in [4.69, 9.17) is 0 Å². The molecule has 1 rings (SSSR count). The third-order valence-corrected chi connectivity index (χ3v) is 4.03. The van der Waals surface area contributed by atoms with Crippen LogP contribution in [0.25, 0.3) is 0 Å². The van der Waals surface area contributed by atoms with Crippen LogP contribution >= 0.6 is 0 Å². The zero-order valence-electron chi connectivity index (χ0n) is 14.5. The molecule has 0 aliphatic rings. The van der Waals surface area contributed by atoms with E-state index in [1.807, 2.05) is 6.20 Å². The van der Waals surface area contributed by atoms with E-state index < -0.39 is 0 Å². The van der Waals surface area contributed by atoms with Crippen LogP contribution in [0.1, 0.15) is 53.0 Å². The first kappa shape index (κ1) is 18.0. The van der Waals surface area contributed by atoms with Crippen molar-refractivity contribution in [2.75, 3.05) is 24.5 Å². The Labute approximate surface area is 131 Å². The largest absolute Gasteiger partial charge is 0.357 e. The maximum Gasteiger partial charge on any atom is 0.128 e. The maximum absolute atomic E-state index is 4.57. The van der Waals surface area contributed by atoms with Gasteiger partial charge in [-0.3, -0.25) is 0 Å². The molecule has 0 amide bonds. The van der Waals surface area contributed by atoms with Crippen molar-refractivity contribution in [1.82, 2.24) is 10.3 Å². The van der Waals surface area contributed by atoms with Crippen LogP contribution in [0.2, 0.25) is 0 Å². The molecule has 0 aromatic carbocycles. The molecule has 0 aliphatic carbocycles. The van der Waals surface area contributed by atoms with E-state index >= 15 is 0 Å². The van der Waals surface area contributed by atoms with Crippen LogP contribution in [0.3, 0.4) is 0 Å². The first-order valence-electron chi connectivity index (χ1n) is 8.51. The van der Waals surface area contributed by atoms with Crippen LogP contribution in [0, 0.1) is 11.8 Å². The minimum atomic E-state index is 0.688. The van der Waals surface area contributed by atoms with Crippen molar-refractivity contribution in [3.63, 3.8) is 0 Å². The molecular formula is C18H33N3. The molecule has 1 aromatic rings. The highest BCUT2D eigenvalue weighted by atomic mass is 15.2. The SMILES string of the molecule is CCC(CC)CN(CC)c1cc(CNCC(C)C)ccn1. The Morgan fingerprint density at radius 1 is 1.19 bits per heavy atom. The molecule has 1 heterocycles. The van der Waals surface area contributed by atoms with Gasteiger partial charge in [-0.15, -0.1) is 0 Å². The molecule has 120 valence electrons. The molecule has 0 unspecified atom stereocenters. The van der Waals surface area contributed by atoms with Gasteiger partial charge in [-0.05, 0) is 43.0 Å². The summed E-state index contributed by atoms with van der Waals surface area (Å²) in [6, 6.07) is 4.35. The van der Waals surface area contributed by atoms with Crippen molar-refractivity contribution in [3.05, 3.63) is 23.9 Å². The van der Waals surface area contributed by atoms with Crippen molar-refractivity contribution in [2.45, 2.75) is 54.0 Å². The van der Waals surface area contributed by atoms with Crippen molar-refractivity contribution < 1.29 is 0 Å². The molecule has 0 fully saturated rings. The van der Waals surface area contributed by atoms with Crippen molar-refractivity contribution in [1.29, 1.82) is 0 Å². The van der Waals surface area contributed by atoms with E-state index in [9.17, 15) is 0 Å². The average molecular weight is 291 g/mol. The predicted molar refractivity (Wildman–Crippen MR) is 92.7 cm³/mol. The lowest BCUT2D eigenvalue weighted by molar-refractivity contribution is 0.484. The lowest BCUT2D eigenvalue weighted by Gasteiger charge is -2.26. The summed E-state index contributed by atoms with van der Waals surface area (Å²) >= 11 is 0. The van der Waals surface area contributed by atoms with Gasteiger partial charge in [0.2, 0.25) is 0 Å². The molecule has 1 N–H and O–H groups in total. The Kier molecular flexibility index (Phi) is 8.36. The zero-order chi connectivity index (χ0) is 15.7. The lowest BCUT2D eigenvalue weighted by atomic mass is 10.0. The molecule has 0 radical (unpaired) electrons. The van der Waals surface area contributed by atoms with Gasteiger partial charge in [0.15, 0.2) is 0 Å². The molecule has 3 heteroatoms. The fraction of sp³-hybridized carbons (Fsp3) is 0.722. The maximum atomic E-state index is 4.57. The first-order chi connectivity index (χ1) is 10.1. The Morgan fingerprint density at radius 3 is 2.48 bits per heavy atom. The van der Waals surface area contributed by atoms with E-state index in [-0.39, 0.29) is 0 Å². The number of hydrogen-bond donors (Lipinski definition) is 1. The number of rotatable bonds is 10. The Bertz CT molecular complexity index is 386. The Hall–Kier alpha value is -1.09. The fourth-order valence-electron chi connectivity index (χ4n) is 2.49. The Morgan fingerprint density at radius 2 is 1.90 bits per heavy atom. The van der Waals surface area contributed by atoms with Gasteiger partial charge < -0.3 is 10.2 Å². The lowest BCUT2D eigenvalue weighted by Crippen LogP contribution is -2.30. The van der Waals surface area contributed by atoms with Gasteiger partial charge in [0.1, 0.15) is 5.82 Å². The minimum absolute atomic E-state index is 0.688. The number of pyridine rings is 1. The van der Waals surface area contributed by atoms with E-state index in [1.54, 1.807) is 0 Å².